The molecule has 2 nitrogen and oxygen atoms in total. The summed E-state index contributed by atoms with van der Waals surface area (Å²) >= 11 is 3.14. The first-order valence-corrected chi connectivity index (χ1v) is 7.33. The Labute approximate surface area is 126 Å². The van der Waals surface area contributed by atoms with Gasteiger partial charge in [0.25, 0.3) is 0 Å². The number of rotatable bonds is 4. The van der Waals surface area contributed by atoms with Crippen LogP contribution in [0.2, 0.25) is 0 Å². The van der Waals surface area contributed by atoms with E-state index in [9.17, 15) is 4.39 Å². The summed E-state index contributed by atoms with van der Waals surface area (Å²) in [6, 6.07) is 10.6. The summed E-state index contributed by atoms with van der Waals surface area (Å²) in [5.74, 6) is 1.20. The van der Waals surface area contributed by atoms with Crippen LogP contribution in [0, 0.1) is 5.82 Å². The van der Waals surface area contributed by atoms with E-state index < -0.39 is 5.82 Å². The first kappa shape index (κ1) is 14.9. The Balaban J connectivity index is 2.38. The number of benzene rings is 2. The minimum Gasteiger partial charge on any atom is -0.455 e. The predicted molar refractivity (Wildman–Crippen MR) is 83.7 cm³/mol. The molecular formula is C16H17BrFNO. The highest BCUT2D eigenvalue weighted by Crippen LogP contribution is 2.36. The number of hydrogen-bond donors (Lipinski definition) is 1. The summed E-state index contributed by atoms with van der Waals surface area (Å²) in [7, 11) is 0. The maximum atomic E-state index is 13.4. The molecule has 2 aromatic carbocycles. The van der Waals surface area contributed by atoms with E-state index in [-0.39, 0.29) is 5.69 Å². The SMILES string of the molecule is CCC(C)c1ccccc1Oc1cc(Br)c(F)cc1N. The Kier molecular flexibility index (Phi) is 4.65. The van der Waals surface area contributed by atoms with Gasteiger partial charge in [-0.2, -0.15) is 0 Å². The van der Waals surface area contributed by atoms with E-state index in [1.54, 1.807) is 6.07 Å². The van der Waals surface area contributed by atoms with E-state index >= 15 is 0 Å². The summed E-state index contributed by atoms with van der Waals surface area (Å²) in [5, 5.41) is 0. The molecular weight excluding hydrogens is 321 g/mol. The van der Waals surface area contributed by atoms with Gasteiger partial charge in [0.1, 0.15) is 11.6 Å². The van der Waals surface area contributed by atoms with E-state index in [4.69, 9.17) is 10.5 Å². The van der Waals surface area contributed by atoms with Crippen LogP contribution in [-0.2, 0) is 0 Å². The quantitative estimate of drug-likeness (QED) is 0.750. The van der Waals surface area contributed by atoms with Gasteiger partial charge in [-0.1, -0.05) is 32.0 Å². The third kappa shape index (κ3) is 3.12. The Morgan fingerprint density at radius 1 is 1.25 bits per heavy atom. The van der Waals surface area contributed by atoms with Crippen molar-refractivity contribution in [1.29, 1.82) is 0 Å². The number of anilines is 1. The second-order valence-corrected chi connectivity index (χ2v) is 5.61. The lowest BCUT2D eigenvalue weighted by molar-refractivity contribution is 0.470. The number of nitrogens with two attached hydrogens (primary N) is 1. The van der Waals surface area contributed by atoms with Crippen LogP contribution < -0.4 is 10.5 Å². The molecule has 20 heavy (non-hydrogen) atoms. The van der Waals surface area contributed by atoms with Crippen LogP contribution in [0.4, 0.5) is 10.1 Å². The first-order chi connectivity index (χ1) is 9.52. The van der Waals surface area contributed by atoms with Gasteiger partial charge in [0, 0.05) is 12.1 Å². The molecule has 0 aliphatic rings. The highest BCUT2D eigenvalue weighted by molar-refractivity contribution is 9.10. The van der Waals surface area contributed by atoms with Gasteiger partial charge >= 0.3 is 0 Å². The molecule has 0 heterocycles. The minimum atomic E-state index is -0.398. The number of ether oxygens (including phenoxy) is 1. The number of nitrogen functional groups attached to an aromatic ring is 1. The monoisotopic (exact) mass is 337 g/mol. The molecule has 0 fully saturated rings. The molecule has 0 aliphatic carbocycles. The molecule has 2 N–H and O–H groups in total. The third-order valence-corrected chi connectivity index (χ3v) is 3.94. The van der Waals surface area contributed by atoms with Crippen molar-refractivity contribution in [3.05, 3.63) is 52.3 Å². The van der Waals surface area contributed by atoms with Crippen molar-refractivity contribution in [3.63, 3.8) is 0 Å². The molecule has 2 rings (SSSR count). The molecule has 4 heteroatoms. The van der Waals surface area contributed by atoms with Crippen molar-refractivity contribution in [3.8, 4) is 11.5 Å². The smallest absolute Gasteiger partial charge is 0.151 e. The Hall–Kier alpha value is -1.55. The van der Waals surface area contributed by atoms with E-state index in [1.807, 2.05) is 24.3 Å². The van der Waals surface area contributed by atoms with Crippen molar-refractivity contribution >= 4 is 21.6 Å². The van der Waals surface area contributed by atoms with Crippen molar-refractivity contribution < 1.29 is 9.13 Å². The zero-order chi connectivity index (χ0) is 14.7. The number of hydrogen-bond acceptors (Lipinski definition) is 2. The molecule has 0 amide bonds. The van der Waals surface area contributed by atoms with Gasteiger partial charge in [0.05, 0.1) is 10.2 Å². The fraction of sp³-hybridized carbons (Fsp3) is 0.250. The fourth-order valence-corrected chi connectivity index (χ4v) is 2.27. The van der Waals surface area contributed by atoms with Gasteiger partial charge in [0.2, 0.25) is 0 Å². The van der Waals surface area contributed by atoms with Crippen molar-refractivity contribution in [2.75, 3.05) is 5.73 Å². The van der Waals surface area contributed by atoms with Crippen LogP contribution in [0.1, 0.15) is 31.7 Å². The fourth-order valence-electron chi connectivity index (χ4n) is 1.95. The van der Waals surface area contributed by atoms with Crippen molar-refractivity contribution in [2.24, 2.45) is 0 Å². The van der Waals surface area contributed by atoms with Crippen LogP contribution in [0.25, 0.3) is 0 Å². The van der Waals surface area contributed by atoms with Gasteiger partial charge in [0.15, 0.2) is 5.75 Å². The first-order valence-electron chi connectivity index (χ1n) is 6.54. The zero-order valence-electron chi connectivity index (χ0n) is 11.5. The third-order valence-electron chi connectivity index (χ3n) is 3.33. The Morgan fingerprint density at radius 3 is 2.65 bits per heavy atom. The standard InChI is InChI=1S/C16H17BrFNO/c1-3-10(2)11-6-4-5-7-15(11)20-16-8-12(17)13(18)9-14(16)19/h4-10H,3,19H2,1-2H3. The zero-order valence-corrected chi connectivity index (χ0v) is 13.1. The molecule has 0 bridgehead atoms. The van der Waals surface area contributed by atoms with Crippen LogP contribution >= 0.6 is 15.9 Å². The van der Waals surface area contributed by atoms with E-state index in [2.05, 4.69) is 29.8 Å². The highest BCUT2D eigenvalue weighted by atomic mass is 79.9. The van der Waals surface area contributed by atoms with E-state index in [0.717, 1.165) is 17.7 Å². The average Bonchev–Trinajstić information content (AvgIpc) is 2.44. The van der Waals surface area contributed by atoms with Crippen molar-refractivity contribution in [2.45, 2.75) is 26.2 Å². The average molecular weight is 338 g/mol. The molecule has 0 saturated carbocycles. The van der Waals surface area contributed by atoms with Gasteiger partial charge in [-0.25, -0.2) is 4.39 Å². The molecule has 1 atom stereocenters. The summed E-state index contributed by atoms with van der Waals surface area (Å²) in [4.78, 5) is 0. The second-order valence-electron chi connectivity index (χ2n) is 4.75. The number of para-hydroxylation sites is 1. The van der Waals surface area contributed by atoms with Gasteiger partial charge < -0.3 is 10.5 Å². The molecule has 0 aliphatic heterocycles. The highest BCUT2D eigenvalue weighted by Gasteiger charge is 2.13. The maximum absolute atomic E-state index is 13.4. The summed E-state index contributed by atoms with van der Waals surface area (Å²) in [5.41, 5.74) is 7.21. The normalized spacial score (nSPS) is 12.2. The van der Waals surface area contributed by atoms with E-state index in [1.165, 1.54) is 6.07 Å². The van der Waals surface area contributed by atoms with Crippen LogP contribution in [-0.4, -0.2) is 0 Å². The van der Waals surface area contributed by atoms with Gasteiger partial charge in [-0.05, 0) is 39.9 Å². The Bertz CT molecular complexity index is 615. The molecule has 0 radical (unpaired) electrons. The Morgan fingerprint density at radius 2 is 1.95 bits per heavy atom. The van der Waals surface area contributed by atoms with Crippen LogP contribution in [0.5, 0.6) is 11.5 Å². The van der Waals surface area contributed by atoms with Crippen LogP contribution in [0.15, 0.2) is 40.9 Å². The van der Waals surface area contributed by atoms with Gasteiger partial charge in [-0.3, -0.25) is 0 Å². The lowest BCUT2D eigenvalue weighted by Gasteiger charge is -2.16. The lowest BCUT2D eigenvalue weighted by atomic mass is 9.98. The van der Waals surface area contributed by atoms with Crippen LogP contribution in [0.3, 0.4) is 0 Å². The lowest BCUT2D eigenvalue weighted by Crippen LogP contribution is -1.98. The van der Waals surface area contributed by atoms with E-state index in [0.29, 0.717) is 16.1 Å². The molecule has 0 spiro atoms. The van der Waals surface area contributed by atoms with Gasteiger partial charge in [-0.15, -0.1) is 0 Å². The summed E-state index contributed by atoms with van der Waals surface area (Å²) < 4.78 is 19.6. The largest absolute Gasteiger partial charge is 0.455 e. The predicted octanol–water partition coefficient (Wildman–Crippen LogP) is 5.48. The summed E-state index contributed by atoms with van der Waals surface area (Å²) in [6.45, 7) is 4.27. The molecule has 0 aromatic heterocycles. The summed E-state index contributed by atoms with van der Waals surface area (Å²) in [6.07, 6.45) is 1.02. The molecule has 2 aromatic rings. The number of halogens is 2. The topological polar surface area (TPSA) is 35.2 Å². The van der Waals surface area contributed by atoms with Crippen molar-refractivity contribution in [1.82, 2.24) is 0 Å². The minimum absolute atomic E-state index is 0.282. The molecule has 1 unspecified atom stereocenters. The maximum Gasteiger partial charge on any atom is 0.151 e. The second kappa shape index (κ2) is 6.27. The molecule has 0 saturated heterocycles. The molecule has 106 valence electrons.